The molecule has 4 nitrogen and oxygen atoms in total. The lowest BCUT2D eigenvalue weighted by Gasteiger charge is -2.22. The van der Waals surface area contributed by atoms with Gasteiger partial charge in [-0.25, -0.2) is 4.98 Å². The number of hydrogen-bond donors (Lipinski definition) is 1. The van der Waals surface area contributed by atoms with Gasteiger partial charge in [-0.1, -0.05) is 13.3 Å². The molecule has 0 saturated carbocycles. The van der Waals surface area contributed by atoms with Crippen LogP contribution in [0.25, 0.3) is 0 Å². The van der Waals surface area contributed by atoms with Crippen LogP contribution >= 0.6 is 0 Å². The van der Waals surface area contributed by atoms with Gasteiger partial charge in [0.1, 0.15) is 5.82 Å². The highest BCUT2D eigenvalue weighted by Gasteiger charge is 2.24. The number of aryl methyl sites for hydroxylation is 1. The fraction of sp³-hybridized carbons (Fsp3) is 0.667. The highest BCUT2D eigenvalue weighted by atomic mass is 16.1. The normalized spacial score (nSPS) is 19.2. The van der Waals surface area contributed by atoms with Crippen molar-refractivity contribution in [1.29, 1.82) is 0 Å². The van der Waals surface area contributed by atoms with E-state index in [0.29, 0.717) is 0 Å². The first-order chi connectivity index (χ1) is 7.81. The average Bonchev–Trinajstić information content (AvgIpc) is 2.76. The Morgan fingerprint density at radius 3 is 3.38 bits per heavy atom. The molecular formula is C12H19N3O. The number of nitrogens with zero attached hydrogens (tertiary/aromatic N) is 2. The number of hydrogen-bond acceptors (Lipinski definition) is 2. The summed E-state index contributed by atoms with van der Waals surface area (Å²) in [7, 11) is 0. The van der Waals surface area contributed by atoms with Gasteiger partial charge in [-0.15, -0.1) is 0 Å². The maximum absolute atomic E-state index is 11.9. The first-order valence-corrected chi connectivity index (χ1v) is 6.09. The number of carbonyl (C=O) groups is 1. The van der Waals surface area contributed by atoms with Crippen LogP contribution in [0.1, 0.15) is 32.0 Å². The van der Waals surface area contributed by atoms with Crippen molar-refractivity contribution in [3.8, 4) is 0 Å². The van der Waals surface area contributed by atoms with Gasteiger partial charge >= 0.3 is 0 Å². The van der Waals surface area contributed by atoms with Crippen molar-refractivity contribution in [2.45, 2.75) is 39.2 Å². The Bertz CT molecular complexity index is 359. The topological polar surface area (TPSA) is 46.9 Å². The monoisotopic (exact) mass is 221 g/mol. The number of amides is 1. The molecule has 4 heteroatoms. The van der Waals surface area contributed by atoms with E-state index in [9.17, 15) is 4.79 Å². The zero-order valence-electron chi connectivity index (χ0n) is 9.78. The Hall–Kier alpha value is -1.32. The van der Waals surface area contributed by atoms with E-state index in [0.717, 1.165) is 44.6 Å². The van der Waals surface area contributed by atoms with Crippen molar-refractivity contribution in [3.05, 3.63) is 18.2 Å². The fourth-order valence-corrected chi connectivity index (χ4v) is 2.11. The standard InChI is InChI=1S/C12H19N3O/c1-2-3-5-14-12(16)10-4-7-15-8-6-13-11(15)9-10/h6,8,10H,2-5,7,9H2,1H3,(H,14,16). The summed E-state index contributed by atoms with van der Waals surface area (Å²) in [4.78, 5) is 16.1. The smallest absolute Gasteiger partial charge is 0.223 e. The molecule has 0 aromatic carbocycles. The summed E-state index contributed by atoms with van der Waals surface area (Å²) in [5.41, 5.74) is 0. The summed E-state index contributed by atoms with van der Waals surface area (Å²) in [6.07, 6.45) is 7.70. The van der Waals surface area contributed by atoms with E-state index in [1.54, 1.807) is 0 Å². The average molecular weight is 221 g/mol. The number of imidazole rings is 1. The third-order valence-electron chi connectivity index (χ3n) is 3.15. The Morgan fingerprint density at radius 2 is 2.56 bits per heavy atom. The highest BCUT2D eigenvalue weighted by molar-refractivity contribution is 5.78. The van der Waals surface area contributed by atoms with Crippen LogP contribution in [0.3, 0.4) is 0 Å². The molecule has 0 fully saturated rings. The summed E-state index contributed by atoms with van der Waals surface area (Å²) < 4.78 is 2.13. The predicted octanol–water partition coefficient (Wildman–Crippen LogP) is 1.36. The lowest BCUT2D eigenvalue weighted by Crippen LogP contribution is -2.35. The maximum atomic E-state index is 11.9. The van der Waals surface area contributed by atoms with Gasteiger partial charge in [0, 0.05) is 37.8 Å². The number of nitrogens with one attached hydrogen (secondary N) is 1. The molecule has 1 unspecified atom stereocenters. The lowest BCUT2D eigenvalue weighted by atomic mass is 9.97. The molecule has 0 aliphatic carbocycles. The highest BCUT2D eigenvalue weighted by Crippen LogP contribution is 2.18. The molecule has 1 aromatic heterocycles. The summed E-state index contributed by atoms with van der Waals surface area (Å²) in [6, 6.07) is 0. The molecule has 88 valence electrons. The third-order valence-corrected chi connectivity index (χ3v) is 3.15. The fourth-order valence-electron chi connectivity index (χ4n) is 2.11. The SMILES string of the molecule is CCCCNC(=O)C1CCn2ccnc2C1. The molecule has 1 amide bonds. The molecule has 0 spiro atoms. The van der Waals surface area contributed by atoms with Crippen molar-refractivity contribution in [1.82, 2.24) is 14.9 Å². The van der Waals surface area contributed by atoms with E-state index in [4.69, 9.17) is 0 Å². The molecule has 1 atom stereocenters. The first kappa shape index (κ1) is 11.2. The van der Waals surface area contributed by atoms with Crippen LogP contribution in [-0.2, 0) is 17.8 Å². The lowest BCUT2D eigenvalue weighted by molar-refractivity contribution is -0.125. The van der Waals surface area contributed by atoms with Crippen molar-refractivity contribution in [3.63, 3.8) is 0 Å². The molecule has 0 bridgehead atoms. The van der Waals surface area contributed by atoms with Gasteiger partial charge in [0.15, 0.2) is 0 Å². The van der Waals surface area contributed by atoms with Crippen molar-refractivity contribution < 1.29 is 4.79 Å². The van der Waals surface area contributed by atoms with Crippen LogP contribution < -0.4 is 5.32 Å². The van der Waals surface area contributed by atoms with Crippen molar-refractivity contribution in [2.75, 3.05) is 6.54 Å². The second kappa shape index (κ2) is 5.14. The number of unbranched alkanes of at least 4 members (excludes halogenated alkanes) is 1. The zero-order valence-corrected chi connectivity index (χ0v) is 9.78. The Balaban J connectivity index is 1.86. The number of aromatic nitrogens is 2. The summed E-state index contributed by atoms with van der Waals surface area (Å²) in [5.74, 6) is 1.36. The van der Waals surface area contributed by atoms with Crippen molar-refractivity contribution in [2.24, 2.45) is 5.92 Å². The third kappa shape index (κ3) is 2.43. The number of fused-ring (bicyclic) bond motifs is 1. The van der Waals surface area contributed by atoms with Crippen LogP contribution in [0.4, 0.5) is 0 Å². The van der Waals surface area contributed by atoms with Crippen LogP contribution in [0.2, 0.25) is 0 Å². The summed E-state index contributed by atoms with van der Waals surface area (Å²) >= 11 is 0. The van der Waals surface area contributed by atoms with E-state index in [1.165, 1.54) is 0 Å². The molecule has 1 aliphatic rings. The van der Waals surface area contributed by atoms with Crippen LogP contribution in [0.5, 0.6) is 0 Å². The minimum atomic E-state index is 0.117. The maximum Gasteiger partial charge on any atom is 0.223 e. The van der Waals surface area contributed by atoms with Gasteiger partial charge in [-0.2, -0.15) is 0 Å². The molecule has 1 aliphatic heterocycles. The molecule has 16 heavy (non-hydrogen) atoms. The number of rotatable bonds is 4. The van der Waals surface area contributed by atoms with Gasteiger partial charge in [0.05, 0.1) is 0 Å². The minimum absolute atomic E-state index is 0.117. The molecule has 0 saturated heterocycles. The Kier molecular flexibility index (Phi) is 3.59. The van der Waals surface area contributed by atoms with Gasteiger partial charge in [-0.05, 0) is 12.8 Å². The largest absolute Gasteiger partial charge is 0.356 e. The van der Waals surface area contributed by atoms with Gasteiger partial charge in [0.2, 0.25) is 5.91 Å². The van der Waals surface area contributed by atoms with E-state index in [2.05, 4.69) is 21.8 Å². The Labute approximate surface area is 96.1 Å². The quantitative estimate of drug-likeness (QED) is 0.780. The van der Waals surface area contributed by atoms with Crippen molar-refractivity contribution >= 4 is 5.91 Å². The van der Waals surface area contributed by atoms with Gasteiger partial charge in [-0.3, -0.25) is 4.79 Å². The molecule has 1 aromatic rings. The minimum Gasteiger partial charge on any atom is -0.356 e. The van der Waals surface area contributed by atoms with Gasteiger partial charge in [0.25, 0.3) is 0 Å². The van der Waals surface area contributed by atoms with E-state index < -0.39 is 0 Å². The van der Waals surface area contributed by atoms with E-state index in [1.807, 2.05) is 12.4 Å². The molecule has 2 heterocycles. The molecule has 2 rings (SSSR count). The second-order valence-electron chi connectivity index (χ2n) is 4.37. The van der Waals surface area contributed by atoms with Crippen LogP contribution in [0.15, 0.2) is 12.4 Å². The number of carbonyl (C=O) groups excluding carboxylic acids is 1. The predicted molar refractivity (Wildman–Crippen MR) is 62.0 cm³/mol. The van der Waals surface area contributed by atoms with E-state index in [-0.39, 0.29) is 11.8 Å². The van der Waals surface area contributed by atoms with Crippen LogP contribution in [0, 0.1) is 5.92 Å². The van der Waals surface area contributed by atoms with Gasteiger partial charge < -0.3 is 9.88 Å². The van der Waals surface area contributed by atoms with Crippen LogP contribution in [-0.4, -0.2) is 22.0 Å². The summed E-state index contributed by atoms with van der Waals surface area (Å²) in [6.45, 7) is 3.85. The summed E-state index contributed by atoms with van der Waals surface area (Å²) in [5, 5.41) is 3.00. The molecule has 0 radical (unpaired) electrons. The zero-order chi connectivity index (χ0) is 11.4. The second-order valence-corrected chi connectivity index (χ2v) is 4.37. The van der Waals surface area contributed by atoms with E-state index >= 15 is 0 Å². The first-order valence-electron chi connectivity index (χ1n) is 6.09. The molecule has 1 N–H and O–H groups in total. The Morgan fingerprint density at radius 1 is 1.69 bits per heavy atom. The molecular weight excluding hydrogens is 202 g/mol.